The Morgan fingerprint density at radius 3 is 2.74 bits per heavy atom. The Labute approximate surface area is 194 Å². The summed E-state index contributed by atoms with van der Waals surface area (Å²) >= 11 is 8.71. The van der Waals surface area contributed by atoms with Crippen LogP contribution < -0.4 is 20.7 Å². The summed E-state index contributed by atoms with van der Waals surface area (Å²) in [4.78, 5) is 14.6. The Balaban J connectivity index is 1.35. The number of hydrogen-bond donors (Lipinski definition) is 3. The molecule has 0 aliphatic carbocycles. The number of fused-ring (bicyclic) bond motifs is 1. The van der Waals surface area contributed by atoms with E-state index in [1.165, 1.54) is 0 Å². The molecule has 6 nitrogen and oxygen atoms in total. The number of ether oxygens (including phenoxy) is 1. The second-order valence-corrected chi connectivity index (χ2v) is 8.13. The van der Waals surface area contributed by atoms with Gasteiger partial charge >= 0.3 is 0 Å². The van der Waals surface area contributed by atoms with E-state index in [4.69, 9.17) is 17.0 Å². The van der Waals surface area contributed by atoms with E-state index in [9.17, 15) is 4.79 Å². The number of rotatable bonds is 5. The highest BCUT2D eigenvalue weighted by Crippen LogP contribution is 2.26. The van der Waals surface area contributed by atoms with E-state index < -0.39 is 0 Å². The highest BCUT2D eigenvalue weighted by molar-refractivity contribution is 9.10. The fourth-order valence-electron chi connectivity index (χ4n) is 3.25. The van der Waals surface area contributed by atoms with Gasteiger partial charge in [0.15, 0.2) is 5.11 Å². The van der Waals surface area contributed by atoms with Crippen molar-refractivity contribution < 1.29 is 9.53 Å². The Bertz CT molecular complexity index is 1100. The Morgan fingerprint density at radius 1 is 1.23 bits per heavy atom. The standard InChI is InChI=1S/C23H21BrN4O2S/c1-2-30-20-11-8-16(13-18(20)24)22(29)27-23(31)25-17-9-6-15(7-10-17)19-14-28-12-4-3-5-21(28)26-19/h3-14,21,26H,2H2,1H3,(H2,25,27,29,31)/t21-/m0/s1. The minimum Gasteiger partial charge on any atom is -0.493 e. The van der Waals surface area contributed by atoms with Crippen LogP contribution in [0.15, 0.2) is 77.6 Å². The van der Waals surface area contributed by atoms with Crippen LogP contribution in [0.5, 0.6) is 5.75 Å². The number of benzene rings is 2. The normalized spacial score (nSPS) is 16.3. The van der Waals surface area contributed by atoms with Gasteiger partial charge in [-0.05, 0) is 83.1 Å². The van der Waals surface area contributed by atoms with E-state index in [1.807, 2.05) is 49.5 Å². The summed E-state index contributed by atoms with van der Waals surface area (Å²) in [5.41, 5.74) is 3.38. The molecular weight excluding hydrogens is 476 g/mol. The zero-order valence-electron chi connectivity index (χ0n) is 16.8. The molecule has 0 spiro atoms. The molecule has 2 aliphatic heterocycles. The molecule has 3 N–H and O–H groups in total. The molecule has 0 fully saturated rings. The van der Waals surface area contributed by atoms with Crippen LogP contribution in [-0.2, 0) is 0 Å². The summed E-state index contributed by atoms with van der Waals surface area (Å²) < 4.78 is 6.19. The number of anilines is 1. The first-order valence-electron chi connectivity index (χ1n) is 9.79. The number of nitrogens with zero attached hydrogens (tertiary/aromatic N) is 1. The molecular formula is C23H21BrN4O2S. The second kappa shape index (κ2) is 9.36. The van der Waals surface area contributed by atoms with Crippen molar-refractivity contribution in [3.63, 3.8) is 0 Å². The molecule has 2 aromatic carbocycles. The molecule has 0 bridgehead atoms. The fraction of sp³-hybridized carbons (Fsp3) is 0.130. The third-order valence-electron chi connectivity index (χ3n) is 4.74. The summed E-state index contributed by atoms with van der Waals surface area (Å²) in [5, 5.41) is 9.44. The van der Waals surface area contributed by atoms with Crippen LogP contribution in [0.2, 0.25) is 0 Å². The van der Waals surface area contributed by atoms with Crippen LogP contribution in [0.1, 0.15) is 22.8 Å². The summed E-state index contributed by atoms with van der Waals surface area (Å²) in [7, 11) is 0. The van der Waals surface area contributed by atoms with Crippen LogP contribution in [0.4, 0.5) is 5.69 Å². The minimum atomic E-state index is -0.295. The van der Waals surface area contributed by atoms with Gasteiger partial charge in [0.1, 0.15) is 11.9 Å². The smallest absolute Gasteiger partial charge is 0.257 e. The molecule has 4 rings (SSSR count). The van der Waals surface area contributed by atoms with Crippen LogP contribution in [0, 0.1) is 0 Å². The molecule has 0 radical (unpaired) electrons. The minimum absolute atomic E-state index is 0.156. The quantitative estimate of drug-likeness (QED) is 0.526. The topological polar surface area (TPSA) is 65.6 Å². The fourth-order valence-corrected chi connectivity index (χ4v) is 3.95. The SMILES string of the molecule is CCOc1ccc(C(=O)NC(=S)Nc2ccc(C3=CN4C=CC=C[C@H]4N3)cc2)cc1Br. The van der Waals surface area contributed by atoms with Crippen molar-refractivity contribution in [3.05, 3.63) is 88.7 Å². The van der Waals surface area contributed by atoms with Gasteiger partial charge in [-0.2, -0.15) is 0 Å². The van der Waals surface area contributed by atoms with E-state index in [0.29, 0.717) is 22.4 Å². The maximum Gasteiger partial charge on any atom is 0.257 e. The highest BCUT2D eigenvalue weighted by Gasteiger charge is 2.21. The first-order valence-corrected chi connectivity index (χ1v) is 11.0. The van der Waals surface area contributed by atoms with Gasteiger partial charge in [0.2, 0.25) is 0 Å². The number of thiocarbonyl (C=S) groups is 1. The molecule has 158 valence electrons. The van der Waals surface area contributed by atoms with Gasteiger partial charge in [0, 0.05) is 23.7 Å². The lowest BCUT2D eigenvalue weighted by Gasteiger charge is -2.20. The van der Waals surface area contributed by atoms with Crippen molar-refractivity contribution in [2.24, 2.45) is 0 Å². The number of hydrogen-bond acceptors (Lipinski definition) is 5. The van der Waals surface area contributed by atoms with Gasteiger partial charge in [-0.25, -0.2) is 0 Å². The van der Waals surface area contributed by atoms with Gasteiger partial charge in [-0.1, -0.05) is 18.2 Å². The molecule has 1 atom stereocenters. The molecule has 31 heavy (non-hydrogen) atoms. The molecule has 8 heteroatoms. The third-order valence-corrected chi connectivity index (χ3v) is 5.56. The maximum atomic E-state index is 12.5. The zero-order valence-corrected chi connectivity index (χ0v) is 19.2. The van der Waals surface area contributed by atoms with E-state index >= 15 is 0 Å². The summed E-state index contributed by atoms with van der Waals surface area (Å²) in [6, 6.07) is 13.0. The Morgan fingerprint density at radius 2 is 2.03 bits per heavy atom. The first-order chi connectivity index (χ1) is 15.0. The molecule has 2 heterocycles. The summed E-state index contributed by atoms with van der Waals surface area (Å²) in [6.07, 6.45) is 10.4. The van der Waals surface area contributed by atoms with Gasteiger partial charge in [-0.15, -0.1) is 0 Å². The predicted molar refractivity (Wildman–Crippen MR) is 130 cm³/mol. The first kappa shape index (κ1) is 21.1. The third kappa shape index (κ3) is 4.98. The number of carbonyl (C=O) groups excluding carboxylic acids is 1. The van der Waals surface area contributed by atoms with Crippen molar-refractivity contribution in [3.8, 4) is 5.75 Å². The lowest BCUT2D eigenvalue weighted by Crippen LogP contribution is -2.34. The summed E-state index contributed by atoms with van der Waals surface area (Å²) in [6.45, 7) is 2.46. The lowest BCUT2D eigenvalue weighted by molar-refractivity contribution is 0.0977. The van der Waals surface area contributed by atoms with Crippen molar-refractivity contribution in [1.82, 2.24) is 15.5 Å². The Kier molecular flexibility index (Phi) is 6.39. The maximum absolute atomic E-state index is 12.5. The zero-order chi connectivity index (χ0) is 21.8. The predicted octanol–water partition coefficient (Wildman–Crippen LogP) is 4.59. The molecule has 2 aliphatic rings. The van der Waals surface area contributed by atoms with Crippen molar-refractivity contribution >= 4 is 50.6 Å². The number of amides is 1. The van der Waals surface area contributed by atoms with Crippen molar-refractivity contribution in [1.29, 1.82) is 0 Å². The van der Waals surface area contributed by atoms with Crippen LogP contribution in [0.3, 0.4) is 0 Å². The second-order valence-electron chi connectivity index (χ2n) is 6.87. The van der Waals surface area contributed by atoms with E-state index in [1.54, 1.807) is 18.2 Å². The van der Waals surface area contributed by atoms with Gasteiger partial charge < -0.3 is 20.3 Å². The molecule has 2 aromatic rings. The molecule has 0 saturated heterocycles. The van der Waals surface area contributed by atoms with Gasteiger partial charge in [0.25, 0.3) is 5.91 Å². The number of nitrogens with one attached hydrogen (secondary N) is 3. The average Bonchev–Trinajstić information content (AvgIpc) is 3.20. The highest BCUT2D eigenvalue weighted by atomic mass is 79.9. The van der Waals surface area contributed by atoms with Crippen LogP contribution in [0.25, 0.3) is 5.70 Å². The molecule has 0 aromatic heterocycles. The van der Waals surface area contributed by atoms with Gasteiger partial charge in [0.05, 0.1) is 16.8 Å². The molecule has 1 amide bonds. The Hall–Kier alpha value is -3.10. The largest absolute Gasteiger partial charge is 0.493 e. The number of allylic oxidation sites excluding steroid dienone is 2. The van der Waals surface area contributed by atoms with Crippen molar-refractivity contribution in [2.75, 3.05) is 11.9 Å². The van der Waals surface area contributed by atoms with Crippen LogP contribution in [-0.4, -0.2) is 28.7 Å². The summed E-state index contributed by atoms with van der Waals surface area (Å²) in [5.74, 6) is 0.394. The van der Waals surface area contributed by atoms with Gasteiger partial charge in [-0.3, -0.25) is 10.1 Å². The number of carbonyl (C=O) groups is 1. The molecule has 0 unspecified atom stereocenters. The van der Waals surface area contributed by atoms with E-state index in [0.717, 1.165) is 16.9 Å². The lowest BCUT2D eigenvalue weighted by atomic mass is 10.1. The van der Waals surface area contributed by atoms with E-state index in [2.05, 4.69) is 49.1 Å². The van der Waals surface area contributed by atoms with E-state index in [-0.39, 0.29) is 17.2 Å². The monoisotopic (exact) mass is 496 g/mol. The average molecular weight is 497 g/mol. The van der Waals surface area contributed by atoms with Crippen LogP contribution >= 0.6 is 28.1 Å². The van der Waals surface area contributed by atoms with Crippen molar-refractivity contribution in [2.45, 2.75) is 13.1 Å². The number of halogens is 1. The molecule has 0 saturated carbocycles.